The molecular weight excluding hydrogens is 753 g/mol. The topological polar surface area (TPSA) is 157 Å². The first-order valence-corrected chi connectivity index (χ1v) is 23.0. The zero-order valence-corrected chi connectivity index (χ0v) is 38.6. The molecule has 0 fully saturated rings. The van der Waals surface area contributed by atoms with Gasteiger partial charge in [-0.15, -0.1) is 0 Å². The lowest BCUT2D eigenvalue weighted by atomic mass is 10.0. The maximum absolute atomic E-state index is 12.7. The smallest absolute Gasteiger partial charge is 0.362 e. The second-order valence-corrected chi connectivity index (χ2v) is 17.7. The van der Waals surface area contributed by atoms with E-state index in [0.29, 0.717) is 61.0 Å². The van der Waals surface area contributed by atoms with Crippen molar-refractivity contribution in [2.24, 2.45) is 0 Å². The zero-order valence-electron chi connectivity index (χ0n) is 38.6. The molecule has 0 saturated heterocycles. The van der Waals surface area contributed by atoms with Crippen LogP contribution in [0.5, 0.6) is 0 Å². The van der Waals surface area contributed by atoms with Gasteiger partial charge >= 0.3 is 17.9 Å². The zero-order chi connectivity index (χ0) is 44.2. The molecule has 0 aromatic rings. The van der Waals surface area contributed by atoms with Crippen LogP contribution in [0.25, 0.3) is 0 Å². The fraction of sp³-hybridized carbons (Fsp3) is 0.848. The maximum Gasteiger partial charge on any atom is 0.362 e. The molecule has 13 heteroatoms. The predicted molar refractivity (Wildman–Crippen MR) is 235 cm³/mol. The Bertz CT molecular complexity index is 1160. The number of hydrogen-bond donors (Lipinski definition) is 3. The highest BCUT2D eigenvalue weighted by atomic mass is 16.6. The number of esters is 3. The molecule has 0 aliphatic heterocycles. The Morgan fingerprint density at radius 2 is 1.07 bits per heavy atom. The number of ether oxygens (including phenoxy) is 3. The number of carbonyl (C=O) groups is 5. The highest BCUT2D eigenvalue weighted by molar-refractivity contribution is 5.77. The van der Waals surface area contributed by atoms with Crippen LogP contribution in [0, 0.1) is 0 Å². The lowest BCUT2D eigenvalue weighted by Crippen LogP contribution is -2.49. The van der Waals surface area contributed by atoms with Crippen molar-refractivity contribution in [2.45, 2.75) is 174 Å². The van der Waals surface area contributed by atoms with Crippen LogP contribution in [0.1, 0.15) is 162 Å². The van der Waals surface area contributed by atoms with Gasteiger partial charge in [0, 0.05) is 33.4 Å². The summed E-state index contributed by atoms with van der Waals surface area (Å²) in [5, 5.41) is 17.0. The number of unbranched alkanes of at least 4 members (excludes halogenated alkanes) is 16. The standard InChI is InChI=1S/C46H86N4O9/c1-8-9-24-30-43(59-46(56)39-50(6,7)35-37-58-41(3)52)42(53)29-25-20-16-12-13-17-21-26-31-44(54)47-32-27-22-18-14-10-11-15-19-23-28-33-48-45(55)38-49(4,5)34-36-57-40(2)51/h20,25,42-43,53H,8-19,21-24,26-39H2,1-7H3/p+2/b25-20-. The molecule has 0 bridgehead atoms. The average Bonchev–Trinajstić information content (AvgIpc) is 3.14. The molecule has 0 aromatic carbocycles. The van der Waals surface area contributed by atoms with Gasteiger partial charge in [0.1, 0.15) is 32.4 Å². The van der Waals surface area contributed by atoms with Gasteiger partial charge < -0.3 is 38.9 Å². The Labute approximate surface area is 358 Å². The van der Waals surface area contributed by atoms with E-state index in [9.17, 15) is 29.1 Å². The van der Waals surface area contributed by atoms with Gasteiger partial charge in [-0.2, -0.15) is 0 Å². The second kappa shape index (κ2) is 35.7. The van der Waals surface area contributed by atoms with Gasteiger partial charge in [0.05, 0.1) is 34.3 Å². The van der Waals surface area contributed by atoms with Crippen LogP contribution in [0.3, 0.4) is 0 Å². The number of quaternary nitrogens is 2. The summed E-state index contributed by atoms with van der Waals surface area (Å²) < 4.78 is 16.6. The van der Waals surface area contributed by atoms with E-state index in [4.69, 9.17) is 14.2 Å². The van der Waals surface area contributed by atoms with Crippen LogP contribution in [-0.2, 0) is 38.2 Å². The molecule has 0 rings (SSSR count). The minimum absolute atomic E-state index is 0.0379. The molecule has 0 heterocycles. The molecule has 0 radical (unpaired) electrons. The van der Waals surface area contributed by atoms with E-state index in [2.05, 4.69) is 23.6 Å². The lowest BCUT2D eigenvalue weighted by molar-refractivity contribution is -0.883. The van der Waals surface area contributed by atoms with Crippen LogP contribution in [0.2, 0.25) is 0 Å². The van der Waals surface area contributed by atoms with Crippen LogP contribution >= 0.6 is 0 Å². The summed E-state index contributed by atoms with van der Waals surface area (Å²) in [7, 11) is 7.71. The largest absolute Gasteiger partial charge is 0.460 e. The molecule has 2 amide bonds. The number of hydrogen-bond acceptors (Lipinski definition) is 9. The van der Waals surface area contributed by atoms with Gasteiger partial charge in [-0.25, -0.2) is 4.79 Å². The number of aliphatic hydroxyl groups is 1. The molecule has 3 N–H and O–H groups in total. The van der Waals surface area contributed by atoms with E-state index in [1.165, 1.54) is 52.4 Å². The van der Waals surface area contributed by atoms with Gasteiger partial charge in [-0.1, -0.05) is 103 Å². The molecule has 344 valence electrons. The minimum Gasteiger partial charge on any atom is -0.460 e. The Morgan fingerprint density at radius 1 is 0.593 bits per heavy atom. The highest BCUT2D eigenvalue weighted by Crippen LogP contribution is 2.16. The van der Waals surface area contributed by atoms with Crippen molar-refractivity contribution in [1.29, 1.82) is 0 Å². The van der Waals surface area contributed by atoms with Gasteiger partial charge in [-0.05, 0) is 51.4 Å². The Hall–Kier alpha value is -3.03. The Balaban J connectivity index is 3.83. The summed E-state index contributed by atoms with van der Waals surface area (Å²) in [6, 6.07) is 0. The normalized spacial score (nSPS) is 12.9. The number of carbonyl (C=O) groups excluding carboxylic acids is 5. The molecule has 0 aromatic heterocycles. The van der Waals surface area contributed by atoms with Gasteiger partial charge in [0.15, 0.2) is 13.1 Å². The van der Waals surface area contributed by atoms with Gasteiger partial charge in [0.25, 0.3) is 5.91 Å². The molecule has 13 nitrogen and oxygen atoms in total. The van der Waals surface area contributed by atoms with Crippen molar-refractivity contribution in [2.75, 3.05) is 80.7 Å². The van der Waals surface area contributed by atoms with Crippen LogP contribution in [0.4, 0.5) is 0 Å². The number of allylic oxidation sites excluding steroid dienone is 1. The monoisotopic (exact) mass is 841 g/mol. The molecule has 59 heavy (non-hydrogen) atoms. The van der Waals surface area contributed by atoms with E-state index in [-0.39, 0.29) is 42.9 Å². The maximum atomic E-state index is 12.7. The van der Waals surface area contributed by atoms with Crippen LogP contribution in [0.15, 0.2) is 12.2 Å². The van der Waals surface area contributed by atoms with Crippen molar-refractivity contribution in [3.05, 3.63) is 12.2 Å². The van der Waals surface area contributed by atoms with E-state index >= 15 is 0 Å². The molecule has 0 aliphatic carbocycles. The molecular formula is C46H88N4O9+2. The Kier molecular flexibility index (Phi) is 33.9. The van der Waals surface area contributed by atoms with Crippen molar-refractivity contribution in [1.82, 2.24) is 10.6 Å². The minimum atomic E-state index is -0.750. The summed E-state index contributed by atoms with van der Waals surface area (Å²) in [5.41, 5.74) is 0. The molecule has 0 aliphatic rings. The van der Waals surface area contributed by atoms with Crippen molar-refractivity contribution < 1.29 is 52.3 Å². The SMILES string of the molecule is CCCCCC(OC(=O)C[N+](C)(C)CCOC(C)=O)C(O)C/C=C\CCCCCCCC(=O)NCCCCCCCCCCCCNC(=O)C[N+](C)(C)CCOC(C)=O. The van der Waals surface area contributed by atoms with Crippen LogP contribution < -0.4 is 10.6 Å². The second-order valence-electron chi connectivity index (χ2n) is 17.7. The van der Waals surface area contributed by atoms with Crippen molar-refractivity contribution in [3.8, 4) is 0 Å². The summed E-state index contributed by atoms with van der Waals surface area (Å²) in [6.45, 7) is 8.53. The summed E-state index contributed by atoms with van der Waals surface area (Å²) in [5.74, 6) is -0.795. The highest BCUT2D eigenvalue weighted by Gasteiger charge is 2.27. The number of rotatable bonds is 39. The van der Waals surface area contributed by atoms with E-state index in [0.717, 1.165) is 90.0 Å². The predicted octanol–water partition coefficient (Wildman–Crippen LogP) is 6.93. The van der Waals surface area contributed by atoms with Crippen molar-refractivity contribution in [3.63, 3.8) is 0 Å². The molecule has 2 unspecified atom stereocenters. The first kappa shape index (κ1) is 56.0. The lowest BCUT2D eigenvalue weighted by Gasteiger charge is -2.30. The summed E-state index contributed by atoms with van der Waals surface area (Å²) in [4.78, 5) is 59.2. The number of likely N-dealkylation sites (N-methyl/N-ethyl adjacent to an activating group) is 2. The van der Waals surface area contributed by atoms with Crippen LogP contribution in [-0.4, -0.2) is 137 Å². The average molecular weight is 841 g/mol. The van der Waals surface area contributed by atoms with Gasteiger partial charge in [0.2, 0.25) is 5.91 Å². The number of aliphatic hydroxyl groups excluding tert-OH is 1. The van der Waals surface area contributed by atoms with E-state index in [1.807, 2.05) is 34.3 Å². The molecule has 0 spiro atoms. The Morgan fingerprint density at radius 3 is 1.59 bits per heavy atom. The van der Waals surface area contributed by atoms with E-state index < -0.39 is 12.2 Å². The van der Waals surface area contributed by atoms with E-state index in [1.54, 1.807) is 0 Å². The number of nitrogens with zero attached hydrogens (tertiary/aromatic N) is 2. The fourth-order valence-electron chi connectivity index (χ4n) is 6.75. The summed E-state index contributed by atoms with van der Waals surface area (Å²) in [6.07, 6.45) is 25.3. The number of nitrogens with one attached hydrogen (secondary N) is 2. The van der Waals surface area contributed by atoms with Crippen molar-refractivity contribution >= 4 is 29.7 Å². The number of amides is 2. The molecule has 2 atom stereocenters. The molecule has 0 saturated carbocycles. The van der Waals surface area contributed by atoms with Gasteiger partial charge in [-0.3, -0.25) is 19.2 Å². The first-order chi connectivity index (χ1) is 28.1. The third-order valence-corrected chi connectivity index (χ3v) is 10.5. The fourth-order valence-corrected chi connectivity index (χ4v) is 6.75. The third kappa shape index (κ3) is 37.7. The quantitative estimate of drug-likeness (QED) is 0.0196. The summed E-state index contributed by atoms with van der Waals surface area (Å²) >= 11 is 0. The first-order valence-electron chi connectivity index (χ1n) is 23.0. The third-order valence-electron chi connectivity index (χ3n) is 10.5.